The fraction of sp³-hybridized carbons (Fsp3) is 0.640. The maximum absolute atomic E-state index is 9.94. The Bertz CT molecular complexity index is 900. The third-order valence-electron chi connectivity index (χ3n) is 7.21. The molecule has 0 bridgehead atoms. The molecule has 0 amide bonds. The highest BCUT2D eigenvalue weighted by molar-refractivity contribution is 7.14. The summed E-state index contributed by atoms with van der Waals surface area (Å²) in [6, 6.07) is 6.97. The fourth-order valence-electron chi connectivity index (χ4n) is 4.95. The summed E-state index contributed by atoms with van der Waals surface area (Å²) in [5.74, 6) is 0. The molecule has 1 atom stereocenters. The molecule has 170 valence electrons. The van der Waals surface area contributed by atoms with E-state index in [2.05, 4.69) is 61.1 Å². The van der Waals surface area contributed by atoms with Gasteiger partial charge in [-0.2, -0.15) is 0 Å². The van der Waals surface area contributed by atoms with Gasteiger partial charge in [-0.05, 0) is 47.3 Å². The van der Waals surface area contributed by atoms with Gasteiger partial charge in [0.1, 0.15) is 0 Å². The lowest BCUT2D eigenvalue weighted by atomic mass is 9.63. The Morgan fingerprint density at radius 3 is 2.39 bits per heavy atom. The predicted molar refractivity (Wildman–Crippen MR) is 129 cm³/mol. The molecular weight excluding hydrogens is 406 g/mol. The molecule has 1 saturated heterocycles. The fourth-order valence-corrected chi connectivity index (χ4v) is 5.84. The molecule has 4 rings (SSSR count). The smallest absolute Gasteiger partial charge is 0.185 e. The summed E-state index contributed by atoms with van der Waals surface area (Å²) in [5, 5.41) is 22.2. The van der Waals surface area contributed by atoms with Gasteiger partial charge < -0.3 is 15.1 Å². The van der Waals surface area contributed by atoms with Crippen molar-refractivity contribution in [3.8, 4) is 11.3 Å². The van der Waals surface area contributed by atoms with Gasteiger partial charge in [0.2, 0.25) is 0 Å². The van der Waals surface area contributed by atoms with Gasteiger partial charge in [-0.15, -0.1) is 11.3 Å². The molecular formula is C25H37N3O2S. The number of rotatable bonds is 6. The minimum absolute atomic E-state index is 0.0421. The van der Waals surface area contributed by atoms with Gasteiger partial charge in [-0.1, -0.05) is 39.8 Å². The van der Waals surface area contributed by atoms with E-state index in [1.54, 1.807) is 11.3 Å². The molecule has 1 aliphatic carbocycles. The predicted octanol–water partition coefficient (Wildman–Crippen LogP) is 4.02. The molecule has 2 N–H and O–H groups in total. The maximum atomic E-state index is 9.94. The van der Waals surface area contributed by atoms with E-state index in [1.165, 1.54) is 29.5 Å². The van der Waals surface area contributed by atoms with Crippen molar-refractivity contribution in [3.05, 3.63) is 34.7 Å². The van der Waals surface area contributed by atoms with Crippen molar-refractivity contribution in [2.45, 2.75) is 63.9 Å². The van der Waals surface area contributed by atoms with E-state index in [0.29, 0.717) is 13.0 Å². The van der Waals surface area contributed by atoms with Crippen molar-refractivity contribution in [1.82, 2.24) is 9.88 Å². The number of hydrogen-bond donors (Lipinski definition) is 2. The molecule has 1 aliphatic heterocycles. The number of aliphatic hydroxyl groups is 2. The lowest BCUT2D eigenvalue weighted by Gasteiger charge is -2.42. The third kappa shape index (κ3) is 4.82. The largest absolute Gasteiger partial charge is 0.396 e. The zero-order valence-corrected chi connectivity index (χ0v) is 20.2. The number of hydrogen-bond acceptors (Lipinski definition) is 6. The van der Waals surface area contributed by atoms with E-state index in [9.17, 15) is 5.11 Å². The molecule has 6 heteroatoms. The van der Waals surface area contributed by atoms with E-state index in [0.717, 1.165) is 37.0 Å². The molecule has 2 heterocycles. The Labute approximate surface area is 190 Å². The van der Waals surface area contributed by atoms with Crippen LogP contribution in [0.1, 0.15) is 58.1 Å². The van der Waals surface area contributed by atoms with Gasteiger partial charge in [0, 0.05) is 50.3 Å². The lowest BCUT2D eigenvalue weighted by molar-refractivity contribution is 0.0851. The lowest BCUT2D eigenvalue weighted by Crippen LogP contribution is -2.48. The van der Waals surface area contributed by atoms with Gasteiger partial charge in [-0.3, -0.25) is 4.90 Å². The van der Waals surface area contributed by atoms with Crippen molar-refractivity contribution in [3.63, 3.8) is 0 Å². The van der Waals surface area contributed by atoms with Crippen LogP contribution in [0.4, 0.5) is 5.13 Å². The molecule has 1 unspecified atom stereocenters. The van der Waals surface area contributed by atoms with Crippen LogP contribution < -0.4 is 4.90 Å². The van der Waals surface area contributed by atoms with Crippen molar-refractivity contribution in [1.29, 1.82) is 0 Å². The Kier molecular flexibility index (Phi) is 6.46. The van der Waals surface area contributed by atoms with Crippen LogP contribution in [-0.2, 0) is 10.8 Å². The van der Waals surface area contributed by atoms with E-state index in [-0.39, 0.29) is 17.4 Å². The standard InChI is InChI=1S/C25H37N3O2S/c1-24(2)8-9-25(3,4)21-15-18(5-6-20(21)24)22-17-31-23(26-22)28-12-10-27(11-13-28)16-19(30)7-14-29/h5-6,15,17,19,29-30H,7-14,16H2,1-4H3. The molecule has 1 aromatic carbocycles. The van der Waals surface area contributed by atoms with Crippen LogP contribution in [0.2, 0.25) is 0 Å². The molecule has 0 radical (unpaired) electrons. The van der Waals surface area contributed by atoms with E-state index in [1.807, 2.05) is 0 Å². The molecule has 31 heavy (non-hydrogen) atoms. The quantitative estimate of drug-likeness (QED) is 0.706. The number of anilines is 1. The van der Waals surface area contributed by atoms with Crippen LogP contribution in [0.25, 0.3) is 11.3 Å². The zero-order chi connectivity index (χ0) is 22.2. The molecule has 0 saturated carbocycles. The first-order valence-corrected chi connectivity index (χ1v) is 12.4. The number of benzene rings is 1. The van der Waals surface area contributed by atoms with Crippen LogP contribution >= 0.6 is 11.3 Å². The summed E-state index contributed by atoms with van der Waals surface area (Å²) >= 11 is 1.73. The second-order valence-electron chi connectivity index (χ2n) is 10.5. The number of fused-ring (bicyclic) bond motifs is 1. The van der Waals surface area contributed by atoms with Crippen molar-refractivity contribution < 1.29 is 10.2 Å². The molecule has 5 nitrogen and oxygen atoms in total. The average molecular weight is 444 g/mol. The van der Waals surface area contributed by atoms with Gasteiger partial charge >= 0.3 is 0 Å². The highest BCUT2D eigenvalue weighted by Crippen LogP contribution is 2.46. The number of nitrogens with zero attached hydrogens (tertiary/aromatic N) is 3. The van der Waals surface area contributed by atoms with Crippen molar-refractivity contribution >= 4 is 16.5 Å². The van der Waals surface area contributed by atoms with Gasteiger partial charge in [-0.25, -0.2) is 4.98 Å². The van der Waals surface area contributed by atoms with E-state index in [4.69, 9.17) is 10.1 Å². The number of aliphatic hydroxyl groups excluding tert-OH is 2. The molecule has 0 spiro atoms. The number of aromatic nitrogens is 1. The van der Waals surface area contributed by atoms with Gasteiger partial charge in [0.25, 0.3) is 0 Å². The summed E-state index contributed by atoms with van der Waals surface area (Å²) in [7, 11) is 0. The Hall–Kier alpha value is -1.47. The number of piperazine rings is 1. The van der Waals surface area contributed by atoms with Crippen molar-refractivity contribution in [2.24, 2.45) is 0 Å². The first-order chi connectivity index (χ1) is 14.7. The first kappa shape index (κ1) is 22.7. The van der Waals surface area contributed by atoms with Crippen LogP contribution in [0.15, 0.2) is 23.6 Å². The van der Waals surface area contributed by atoms with Crippen LogP contribution in [0.3, 0.4) is 0 Å². The summed E-state index contributed by atoms with van der Waals surface area (Å²) in [6.45, 7) is 13.8. The molecule has 1 aromatic heterocycles. The Morgan fingerprint density at radius 1 is 1.03 bits per heavy atom. The Morgan fingerprint density at radius 2 is 1.71 bits per heavy atom. The minimum atomic E-state index is -0.443. The van der Waals surface area contributed by atoms with Crippen LogP contribution in [0.5, 0.6) is 0 Å². The highest BCUT2D eigenvalue weighted by Gasteiger charge is 2.37. The van der Waals surface area contributed by atoms with E-state index >= 15 is 0 Å². The third-order valence-corrected chi connectivity index (χ3v) is 8.12. The molecule has 2 aromatic rings. The normalized spacial score (nSPS) is 21.7. The average Bonchev–Trinajstić information content (AvgIpc) is 3.22. The summed E-state index contributed by atoms with van der Waals surface area (Å²) in [5.41, 5.74) is 5.70. The second-order valence-corrected chi connectivity index (χ2v) is 11.3. The summed E-state index contributed by atoms with van der Waals surface area (Å²) in [4.78, 5) is 9.63. The minimum Gasteiger partial charge on any atom is -0.396 e. The Balaban J connectivity index is 1.47. The van der Waals surface area contributed by atoms with Crippen LogP contribution in [0, 0.1) is 0 Å². The molecule has 2 aliphatic rings. The number of β-amino-alcohol motifs (C(OH)–C–C–N with tert-alkyl or cyclic N) is 1. The van der Waals surface area contributed by atoms with Gasteiger partial charge in [0.05, 0.1) is 11.8 Å². The zero-order valence-electron chi connectivity index (χ0n) is 19.4. The molecule has 1 fully saturated rings. The second kappa shape index (κ2) is 8.81. The summed E-state index contributed by atoms with van der Waals surface area (Å²) in [6.07, 6.45) is 2.46. The maximum Gasteiger partial charge on any atom is 0.185 e. The van der Waals surface area contributed by atoms with Crippen molar-refractivity contribution in [2.75, 3.05) is 44.2 Å². The number of thiazole rings is 1. The van der Waals surface area contributed by atoms with E-state index < -0.39 is 6.10 Å². The van der Waals surface area contributed by atoms with Crippen LogP contribution in [-0.4, -0.2) is 65.5 Å². The monoisotopic (exact) mass is 443 g/mol. The summed E-state index contributed by atoms with van der Waals surface area (Å²) < 4.78 is 0. The SMILES string of the molecule is CC1(C)CCC(C)(C)c2cc(-c3csc(N4CCN(CC(O)CCO)CC4)n3)ccc21. The van der Waals surface area contributed by atoms with Gasteiger partial charge in [0.15, 0.2) is 5.13 Å². The first-order valence-electron chi connectivity index (χ1n) is 11.6. The topological polar surface area (TPSA) is 59.8 Å². The highest BCUT2D eigenvalue weighted by atomic mass is 32.1.